The maximum atomic E-state index is 12.7. The molecular formula is C22H21N5O3. The zero-order valence-electron chi connectivity index (χ0n) is 16.5. The number of rotatable bonds is 7. The van der Waals surface area contributed by atoms with Crippen molar-refractivity contribution in [2.45, 2.75) is 26.3 Å². The van der Waals surface area contributed by atoms with E-state index >= 15 is 0 Å². The molecule has 8 nitrogen and oxygen atoms in total. The van der Waals surface area contributed by atoms with E-state index in [1.54, 1.807) is 25.1 Å². The Labute approximate surface area is 172 Å². The van der Waals surface area contributed by atoms with Gasteiger partial charge in [-0.3, -0.25) is 14.2 Å². The summed E-state index contributed by atoms with van der Waals surface area (Å²) in [6, 6.07) is 17.2. The normalized spacial score (nSPS) is 11.0. The fourth-order valence-corrected chi connectivity index (χ4v) is 3.23. The summed E-state index contributed by atoms with van der Waals surface area (Å²) in [6.07, 6.45) is 1.67. The highest BCUT2D eigenvalue weighted by Gasteiger charge is 2.16. The molecule has 2 heterocycles. The Morgan fingerprint density at radius 2 is 1.83 bits per heavy atom. The van der Waals surface area contributed by atoms with Gasteiger partial charge in [0.1, 0.15) is 5.82 Å². The second-order valence-electron chi connectivity index (χ2n) is 6.93. The van der Waals surface area contributed by atoms with Gasteiger partial charge in [-0.15, -0.1) is 0 Å². The summed E-state index contributed by atoms with van der Waals surface area (Å²) >= 11 is 0. The van der Waals surface area contributed by atoms with Crippen LogP contribution < -0.4 is 10.9 Å². The molecule has 4 rings (SSSR count). The van der Waals surface area contributed by atoms with Crippen molar-refractivity contribution in [1.29, 1.82) is 0 Å². The van der Waals surface area contributed by atoms with Crippen LogP contribution in [-0.2, 0) is 13.0 Å². The molecular weight excluding hydrogens is 382 g/mol. The van der Waals surface area contributed by atoms with Gasteiger partial charge >= 0.3 is 11.8 Å². The van der Waals surface area contributed by atoms with Crippen LogP contribution in [0.4, 0.5) is 0 Å². The summed E-state index contributed by atoms with van der Waals surface area (Å²) in [6.45, 7) is 2.32. The summed E-state index contributed by atoms with van der Waals surface area (Å²) in [5.74, 6) is 0.230. The second kappa shape index (κ2) is 8.69. The number of carbonyl (C=O) groups is 1. The van der Waals surface area contributed by atoms with Gasteiger partial charge in [-0.1, -0.05) is 47.6 Å². The first-order valence-corrected chi connectivity index (χ1v) is 9.73. The Hall–Kier alpha value is -3.81. The molecule has 1 amide bonds. The minimum absolute atomic E-state index is 0.0767. The van der Waals surface area contributed by atoms with Crippen LogP contribution in [0.2, 0.25) is 0 Å². The molecule has 4 aromatic rings. The first kappa shape index (κ1) is 19.5. The van der Waals surface area contributed by atoms with Crippen LogP contribution in [0.1, 0.15) is 34.3 Å². The Kier molecular flexibility index (Phi) is 5.65. The summed E-state index contributed by atoms with van der Waals surface area (Å²) < 4.78 is 6.54. The molecule has 0 saturated heterocycles. The largest absolute Gasteiger partial charge is 0.348 e. The summed E-state index contributed by atoms with van der Waals surface area (Å²) in [5, 5.41) is 7.13. The lowest BCUT2D eigenvalue weighted by Gasteiger charge is -2.08. The molecule has 0 aliphatic rings. The van der Waals surface area contributed by atoms with Crippen molar-refractivity contribution in [3.63, 3.8) is 0 Å². The van der Waals surface area contributed by atoms with Crippen LogP contribution in [0.15, 0.2) is 63.9 Å². The molecule has 152 valence electrons. The van der Waals surface area contributed by atoms with E-state index in [4.69, 9.17) is 4.52 Å². The van der Waals surface area contributed by atoms with E-state index in [0.717, 1.165) is 12.8 Å². The molecule has 2 aromatic carbocycles. The second-order valence-corrected chi connectivity index (χ2v) is 6.93. The van der Waals surface area contributed by atoms with E-state index in [0.29, 0.717) is 23.3 Å². The molecule has 0 aliphatic heterocycles. The number of benzene rings is 2. The maximum Gasteiger partial charge on any atom is 0.316 e. The van der Waals surface area contributed by atoms with E-state index in [1.807, 2.05) is 24.3 Å². The van der Waals surface area contributed by atoms with Crippen molar-refractivity contribution in [3.8, 4) is 0 Å². The van der Waals surface area contributed by atoms with E-state index in [-0.39, 0.29) is 23.8 Å². The fraction of sp³-hybridized carbons (Fsp3) is 0.227. The highest BCUT2D eigenvalue weighted by molar-refractivity contribution is 5.89. The molecule has 30 heavy (non-hydrogen) atoms. The first-order chi connectivity index (χ1) is 14.6. The Morgan fingerprint density at radius 1 is 1.07 bits per heavy atom. The Morgan fingerprint density at radius 3 is 2.67 bits per heavy atom. The average molecular weight is 403 g/mol. The first-order valence-electron chi connectivity index (χ1n) is 9.73. The van der Waals surface area contributed by atoms with Crippen molar-refractivity contribution < 1.29 is 9.32 Å². The Bertz CT molecular complexity index is 1230. The molecule has 1 N–H and O–H groups in total. The number of nitrogens with one attached hydrogen (secondary N) is 1. The number of carbonyl (C=O) groups excluding carboxylic acids is 1. The van der Waals surface area contributed by atoms with Gasteiger partial charge in [-0.25, -0.2) is 4.98 Å². The lowest BCUT2D eigenvalue weighted by atomic mass is 10.1. The average Bonchev–Trinajstić information content (AvgIpc) is 3.24. The highest BCUT2D eigenvalue weighted by atomic mass is 16.5. The summed E-state index contributed by atoms with van der Waals surface area (Å²) in [5.41, 5.74) is 1.67. The molecule has 0 saturated carbocycles. The monoisotopic (exact) mass is 403 g/mol. The van der Waals surface area contributed by atoms with Gasteiger partial charge in [0, 0.05) is 6.54 Å². The van der Waals surface area contributed by atoms with Crippen molar-refractivity contribution in [2.24, 2.45) is 0 Å². The number of para-hydroxylation sites is 1. The van der Waals surface area contributed by atoms with Crippen LogP contribution in [-0.4, -0.2) is 32.1 Å². The number of fused-ring (bicyclic) bond motifs is 1. The minimum Gasteiger partial charge on any atom is -0.348 e. The van der Waals surface area contributed by atoms with Gasteiger partial charge in [0.2, 0.25) is 0 Å². The third-order valence-corrected chi connectivity index (χ3v) is 4.78. The number of aryl methyl sites for hydroxylation is 2. The quantitative estimate of drug-likeness (QED) is 0.476. The maximum absolute atomic E-state index is 12.7. The topological polar surface area (TPSA) is 103 Å². The SMILES string of the molecule is Cc1nc2ccccc2c(=O)n1Cc1noc(C(=O)NCCCc2ccccc2)n1. The zero-order valence-corrected chi connectivity index (χ0v) is 16.5. The van der Waals surface area contributed by atoms with Gasteiger partial charge in [-0.05, 0) is 37.5 Å². The number of aromatic nitrogens is 4. The van der Waals surface area contributed by atoms with E-state index < -0.39 is 5.91 Å². The standard InChI is InChI=1S/C22H21N5O3/c1-15-24-18-12-6-5-11-17(18)22(29)27(15)14-19-25-21(30-26-19)20(28)23-13-7-10-16-8-3-2-4-9-16/h2-6,8-9,11-12H,7,10,13-14H2,1H3,(H,23,28). The van der Waals surface area contributed by atoms with Gasteiger partial charge in [-0.2, -0.15) is 4.98 Å². The summed E-state index contributed by atoms with van der Waals surface area (Å²) in [4.78, 5) is 33.6. The predicted molar refractivity (Wildman–Crippen MR) is 111 cm³/mol. The van der Waals surface area contributed by atoms with Gasteiger partial charge in [0.05, 0.1) is 17.4 Å². The molecule has 8 heteroatoms. The third-order valence-electron chi connectivity index (χ3n) is 4.78. The van der Waals surface area contributed by atoms with Crippen molar-refractivity contribution in [2.75, 3.05) is 6.54 Å². The van der Waals surface area contributed by atoms with Crippen molar-refractivity contribution in [3.05, 3.63) is 88.1 Å². The molecule has 0 bridgehead atoms. The summed E-state index contributed by atoms with van der Waals surface area (Å²) in [7, 11) is 0. The van der Waals surface area contributed by atoms with Crippen molar-refractivity contribution >= 4 is 16.8 Å². The van der Waals surface area contributed by atoms with Crippen LogP contribution in [0.5, 0.6) is 0 Å². The molecule has 0 radical (unpaired) electrons. The highest BCUT2D eigenvalue weighted by Crippen LogP contribution is 2.09. The molecule has 0 atom stereocenters. The van der Waals surface area contributed by atoms with Crippen LogP contribution in [0, 0.1) is 6.92 Å². The predicted octanol–water partition coefficient (Wildman–Crippen LogP) is 2.50. The lowest BCUT2D eigenvalue weighted by molar-refractivity contribution is 0.0909. The van der Waals surface area contributed by atoms with Crippen LogP contribution in [0.25, 0.3) is 10.9 Å². The van der Waals surface area contributed by atoms with E-state index in [1.165, 1.54) is 10.1 Å². The number of nitrogens with zero attached hydrogens (tertiary/aromatic N) is 4. The number of amides is 1. The van der Waals surface area contributed by atoms with E-state index in [9.17, 15) is 9.59 Å². The van der Waals surface area contributed by atoms with Crippen LogP contribution in [0.3, 0.4) is 0 Å². The fourth-order valence-electron chi connectivity index (χ4n) is 3.23. The zero-order chi connectivity index (χ0) is 20.9. The smallest absolute Gasteiger partial charge is 0.316 e. The van der Waals surface area contributed by atoms with Crippen LogP contribution >= 0.6 is 0 Å². The number of hydrogen-bond acceptors (Lipinski definition) is 6. The van der Waals surface area contributed by atoms with E-state index in [2.05, 4.69) is 32.6 Å². The van der Waals surface area contributed by atoms with Gasteiger partial charge in [0.25, 0.3) is 5.56 Å². The minimum atomic E-state index is -0.428. The molecule has 0 fully saturated rings. The third kappa shape index (κ3) is 4.27. The lowest BCUT2D eigenvalue weighted by Crippen LogP contribution is -2.26. The van der Waals surface area contributed by atoms with Gasteiger partial charge in [0.15, 0.2) is 5.82 Å². The number of hydrogen-bond donors (Lipinski definition) is 1. The molecule has 0 spiro atoms. The Balaban J connectivity index is 1.39. The van der Waals surface area contributed by atoms with Crippen molar-refractivity contribution in [1.82, 2.24) is 25.0 Å². The molecule has 0 unspecified atom stereocenters. The molecule has 0 aliphatic carbocycles. The molecule has 2 aromatic heterocycles. The van der Waals surface area contributed by atoms with Gasteiger partial charge < -0.3 is 9.84 Å².